The van der Waals surface area contributed by atoms with Crippen LogP contribution in [0.1, 0.15) is 50.0 Å². The number of carbonyl (C=O) groups is 1. The Labute approximate surface area is 160 Å². The largest absolute Gasteiger partial charge is 0.349 e. The standard InChI is InChI=1S/C19H28N4O2.ClH/c1-3-5-8-14-23-19(25)16-10-7-6-9-15(16)17(22-23)18(24)21-13-12-20-11-4-2;/h6-7,9-10,20H,3-5,8,11-14H2,1-2H3,(H,21,24);1H. The second kappa shape index (κ2) is 11.6. The van der Waals surface area contributed by atoms with Crippen LogP contribution in [0.15, 0.2) is 29.1 Å². The molecular formula is C19H29ClN4O2. The Balaban J connectivity index is 0.00000338. The van der Waals surface area contributed by atoms with Gasteiger partial charge in [0.05, 0.1) is 5.39 Å². The molecule has 2 N–H and O–H groups in total. The molecule has 0 bridgehead atoms. The van der Waals surface area contributed by atoms with Gasteiger partial charge in [-0.2, -0.15) is 5.10 Å². The number of rotatable bonds is 10. The van der Waals surface area contributed by atoms with Gasteiger partial charge in [0.1, 0.15) is 0 Å². The minimum absolute atomic E-state index is 0. The summed E-state index contributed by atoms with van der Waals surface area (Å²) in [5.41, 5.74) is 0.190. The first-order chi connectivity index (χ1) is 12.2. The van der Waals surface area contributed by atoms with Crippen molar-refractivity contribution in [3.8, 4) is 0 Å². The van der Waals surface area contributed by atoms with E-state index in [0.29, 0.717) is 36.1 Å². The summed E-state index contributed by atoms with van der Waals surface area (Å²) in [5.74, 6) is -0.237. The number of unbranched alkanes of at least 4 members (excludes halogenated alkanes) is 2. The third-order valence-corrected chi connectivity index (χ3v) is 4.07. The fourth-order valence-electron chi connectivity index (χ4n) is 2.72. The fourth-order valence-corrected chi connectivity index (χ4v) is 2.72. The average Bonchev–Trinajstić information content (AvgIpc) is 2.63. The first-order valence-electron chi connectivity index (χ1n) is 9.17. The number of carbonyl (C=O) groups excluding carboxylic acids is 1. The van der Waals surface area contributed by atoms with Crippen LogP contribution in [0.5, 0.6) is 0 Å². The highest BCUT2D eigenvalue weighted by molar-refractivity contribution is 6.04. The van der Waals surface area contributed by atoms with Gasteiger partial charge in [-0.1, -0.05) is 44.9 Å². The maximum atomic E-state index is 12.6. The summed E-state index contributed by atoms with van der Waals surface area (Å²) in [6.07, 6.45) is 4.04. The predicted molar refractivity (Wildman–Crippen MR) is 108 cm³/mol. The van der Waals surface area contributed by atoms with E-state index in [2.05, 4.69) is 29.6 Å². The Morgan fingerprint density at radius 3 is 2.46 bits per heavy atom. The Hall–Kier alpha value is -1.92. The first-order valence-corrected chi connectivity index (χ1v) is 9.17. The van der Waals surface area contributed by atoms with E-state index >= 15 is 0 Å². The number of fused-ring (bicyclic) bond motifs is 1. The highest BCUT2D eigenvalue weighted by Crippen LogP contribution is 2.13. The number of hydrogen-bond donors (Lipinski definition) is 2. The lowest BCUT2D eigenvalue weighted by molar-refractivity contribution is 0.0948. The van der Waals surface area contributed by atoms with E-state index in [4.69, 9.17) is 0 Å². The molecule has 1 aromatic carbocycles. The predicted octanol–water partition coefficient (Wildman–Crippen LogP) is 2.74. The molecule has 0 aliphatic heterocycles. The van der Waals surface area contributed by atoms with Crippen molar-refractivity contribution >= 4 is 29.1 Å². The van der Waals surface area contributed by atoms with Gasteiger partial charge in [-0.25, -0.2) is 4.68 Å². The SMILES string of the molecule is CCCCCn1nc(C(=O)NCCNCCC)c2ccccc2c1=O.Cl. The van der Waals surface area contributed by atoms with Crippen LogP contribution in [0.25, 0.3) is 10.8 Å². The summed E-state index contributed by atoms with van der Waals surface area (Å²) in [7, 11) is 0. The molecule has 6 nitrogen and oxygen atoms in total. The molecule has 0 spiro atoms. The van der Waals surface area contributed by atoms with E-state index in [1.807, 2.05) is 12.1 Å². The van der Waals surface area contributed by atoms with Crippen LogP contribution in [-0.2, 0) is 6.54 Å². The van der Waals surface area contributed by atoms with E-state index in [0.717, 1.165) is 32.2 Å². The Morgan fingerprint density at radius 2 is 1.77 bits per heavy atom. The van der Waals surface area contributed by atoms with Crippen LogP contribution in [-0.4, -0.2) is 35.3 Å². The van der Waals surface area contributed by atoms with Gasteiger partial charge < -0.3 is 10.6 Å². The normalized spacial score (nSPS) is 10.5. The summed E-state index contributed by atoms with van der Waals surface area (Å²) < 4.78 is 1.43. The maximum absolute atomic E-state index is 12.6. The Bertz CT molecular complexity index is 761. The molecule has 0 radical (unpaired) electrons. The number of amides is 1. The zero-order valence-electron chi connectivity index (χ0n) is 15.6. The molecule has 0 fully saturated rings. The van der Waals surface area contributed by atoms with Crippen LogP contribution < -0.4 is 16.2 Å². The molecule has 144 valence electrons. The van der Waals surface area contributed by atoms with Gasteiger partial charge in [0.15, 0.2) is 5.69 Å². The number of hydrogen-bond acceptors (Lipinski definition) is 4. The van der Waals surface area contributed by atoms with Crippen molar-refractivity contribution in [2.45, 2.75) is 46.1 Å². The molecule has 7 heteroatoms. The fraction of sp³-hybridized carbons (Fsp3) is 0.526. The lowest BCUT2D eigenvalue weighted by Gasteiger charge is -2.11. The molecular weight excluding hydrogens is 352 g/mol. The van der Waals surface area contributed by atoms with E-state index in [9.17, 15) is 9.59 Å². The summed E-state index contributed by atoms with van der Waals surface area (Å²) in [5, 5.41) is 11.6. The second-order valence-corrected chi connectivity index (χ2v) is 6.14. The third-order valence-electron chi connectivity index (χ3n) is 4.07. The van der Waals surface area contributed by atoms with Crippen molar-refractivity contribution < 1.29 is 4.79 Å². The lowest BCUT2D eigenvalue weighted by atomic mass is 10.1. The monoisotopic (exact) mass is 380 g/mol. The Kier molecular flexibility index (Phi) is 9.91. The maximum Gasteiger partial charge on any atom is 0.274 e. The van der Waals surface area contributed by atoms with Crippen molar-refractivity contribution in [1.82, 2.24) is 20.4 Å². The summed E-state index contributed by atoms with van der Waals surface area (Å²) >= 11 is 0. The van der Waals surface area contributed by atoms with Crippen molar-refractivity contribution in [3.05, 3.63) is 40.3 Å². The highest BCUT2D eigenvalue weighted by atomic mass is 35.5. The molecule has 0 unspecified atom stereocenters. The minimum atomic E-state index is -0.237. The van der Waals surface area contributed by atoms with Gasteiger partial charge in [-0.3, -0.25) is 9.59 Å². The molecule has 0 aliphatic carbocycles. The first kappa shape index (κ1) is 22.1. The van der Waals surface area contributed by atoms with Gasteiger partial charge in [0, 0.05) is 25.0 Å². The number of aryl methyl sites for hydroxylation is 1. The molecule has 1 amide bonds. The number of nitrogens with one attached hydrogen (secondary N) is 2. The summed E-state index contributed by atoms with van der Waals surface area (Å²) in [6.45, 7) is 6.93. The molecule has 2 aromatic rings. The van der Waals surface area contributed by atoms with Gasteiger partial charge in [0.2, 0.25) is 0 Å². The van der Waals surface area contributed by atoms with Crippen LogP contribution in [0.2, 0.25) is 0 Å². The van der Waals surface area contributed by atoms with Crippen molar-refractivity contribution in [2.75, 3.05) is 19.6 Å². The van der Waals surface area contributed by atoms with Crippen LogP contribution in [0.4, 0.5) is 0 Å². The van der Waals surface area contributed by atoms with Gasteiger partial charge in [-0.05, 0) is 25.5 Å². The summed E-state index contributed by atoms with van der Waals surface area (Å²) in [4.78, 5) is 25.2. The second-order valence-electron chi connectivity index (χ2n) is 6.14. The molecule has 0 saturated carbocycles. The molecule has 0 saturated heterocycles. The number of halogens is 1. The number of benzene rings is 1. The van der Waals surface area contributed by atoms with E-state index in [1.54, 1.807) is 12.1 Å². The average molecular weight is 381 g/mol. The minimum Gasteiger partial charge on any atom is -0.349 e. The molecule has 0 aliphatic rings. The topological polar surface area (TPSA) is 76.0 Å². The molecule has 0 atom stereocenters. The van der Waals surface area contributed by atoms with Crippen LogP contribution in [0.3, 0.4) is 0 Å². The third kappa shape index (κ3) is 5.81. The summed E-state index contributed by atoms with van der Waals surface area (Å²) in [6, 6.07) is 7.18. The van der Waals surface area contributed by atoms with Gasteiger partial charge in [0.25, 0.3) is 11.5 Å². The molecule has 26 heavy (non-hydrogen) atoms. The molecule has 1 aromatic heterocycles. The Morgan fingerprint density at radius 1 is 1.04 bits per heavy atom. The molecule has 2 rings (SSSR count). The van der Waals surface area contributed by atoms with Crippen molar-refractivity contribution in [3.63, 3.8) is 0 Å². The zero-order valence-corrected chi connectivity index (χ0v) is 16.4. The lowest BCUT2D eigenvalue weighted by Crippen LogP contribution is -2.34. The van der Waals surface area contributed by atoms with Crippen molar-refractivity contribution in [2.24, 2.45) is 0 Å². The van der Waals surface area contributed by atoms with E-state index in [-0.39, 0.29) is 23.9 Å². The zero-order chi connectivity index (χ0) is 18.1. The molecule has 1 heterocycles. The van der Waals surface area contributed by atoms with Gasteiger partial charge >= 0.3 is 0 Å². The van der Waals surface area contributed by atoms with Crippen molar-refractivity contribution in [1.29, 1.82) is 0 Å². The van der Waals surface area contributed by atoms with Gasteiger partial charge in [-0.15, -0.1) is 12.4 Å². The number of nitrogens with zero attached hydrogens (tertiary/aromatic N) is 2. The van der Waals surface area contributed by atoms with Crippen LogP contribution >= 0.6 is 12.4 Å². The van der Waals surface area contributed by atoms with Crippen LogP contribution in [0, 0.1) is 0 Å². The highest BCUT2D eigenvalue weighted by Gasteiger charge is 2.16. The smallest absolute Gasteiger partial charge is 0.274 e. The quantitative estimate of drug-likeness (QED) is 0.621. The van der Waals surface area contributed by atoms with E-state index in [1.165, 1.54) is 4.68 Å². The number of aromatic nitrogens is 2. The van der Waals surface area contributed by atoms with E-state index < -0.39 is 0 Å².